The summed E-state index contributed by atoms with van der Waals surface area (Å²) >= 11 is 0. The summed E-state index contributed by atoms with van der Waals surface area (Å²) in [6.07, 6.45) is 0.383. The number of amides is 1. The molecule has 1 atom stereocenters. The molecule has 0 spiro atoms. The van der Waals surface area contributed by atoms with Crippen LogP contribution >= 0.6 is 0 Å². The van der Waals surface area contributed by atoms with Gasteiger partial charge in [0.1, 0.15) is 0 Å². The number of rotatable bonds is 3. The van der Waals surface area contributed by atoms with Crippen LogP contribution in [0.5, 0.6) is 0 Å². The van der Waals surface area contributed by atoms with Crippen LogP contribution in [0.4, 0.5) is 0 Å². The van der Waals surface area contributed by atoms with Gasteiger partial charge in [-0.05, 0) is 13.3 Å². The van der Waals surface area contributed by atoms with Crippen LogP contribution in [0.1, 0.15) is 18.2 Å². The summed E-state index contributed by atoms with van der Waals surface area (Å²) in [5.74, 6) is 4.40. The van der Waals surface area contributed by atoms with Crippen LogP contribution in [0.3, 0.4) is 0 Å². The molecule has 0 saturated heterocycles. The highest BCUT2D eigenvalue weighted by Gasteiger charge is 2.16. The summed E-state index contributed by atoms with van der Waals surface area (Å²) in [7, 11) is 0. The molecule has 1 heterocycles. The van der Waals surface area contributed by atoms with Gasteiger partial charge in [-0.2, -0.15) is 0 Å². The largest absolute Gasteiger partial charge is 0.302 e. The summed E-state index contributed by atoms with van der Waals surface area (Å²) in [6, 6.07) is 0. The second-order valence-electron chi connectivity index (χ2n) is 3.30. The lowest BCUT2D eigenvalue weighted by molar-refractivity contribution is -0.124. The molecule has 1 aromatic heterocycles. The highest BCUT2D eigenvalue weighted by Crippen LogP contribution is 2.06. The highest BCUT2D eigenvalue weighted by molar-refractivity contribution is 5.77. The van der Waals surface area contributed by atoms with Gasteiger partial charge in [-0.1, -0.05) is 6.92 Å². The Morgan fingerprint density at radius 2 is 2.21 bits per heavy atom. The van der Waals surface area contributed by atoms with Crippen molar-refractivity contribution in [1.29, 1.82) is 0 Å². The molecule has 6 nitrogen and oxygen atoms in total. The topological polar surface area (TPSA) is 104 Å². The predicted octanol–water partition coefficient (Wildman–Crippen LogP) is -0.820. The standard InChI is InChI=1S/C8H14N4O2/c1-4(7(13)10-9)3-6-5(2)11-12-8(6)14/h4H,3,9H2,1-2H3,(H,10,13)(H2,11,12,14)/t4-/m1/s1. The smallest absolute Gasteiger partial charge is 0.267 e. The third-order valence-electron chi connectivity index (χ3n) is 2.19. The van der Waals surface area contributed by atoms with Gasteiger partial charge in [0, 0.05) is 17.2 Å². The van der Waals surface area contributed by atoms with Gasteiger partial charge < -0.3 is 5.10 Å². The Kier molecular flexibility index (Phi) is 3.08. The van der Waals surface area contributed by atoms with Crippen molar-refractivity contribution < 1.29 is 4.79 Å². The molecule has 0 radical (unpaired) electrons. The summed E-state index contributed by atoms with van der Waals surface area (Å²) < 4.78 is 0. The lowest BCUT2D eigenvalue weighted by atomic mass is 10.0. The fourth-order valence-corrected chi connectivity index (χ4v) is 1.26. The van der Waals surface area contributed by atoms with Crippen molar-refractivity contribution >= 4 is 5.91 Å². The van der Waals surface area contributed by atoms with Crippen LogP contribution in [-0.2, 0) is 11.2 Å². The van der Waals surface area contributed by atoms with E-state index in [0.29, 0.717) is 12.0 Å². The molecule has 0 fully saturated rings. The van der Waals surface area contributed by atoms with Gasteiger partial charge in [0.2, 0.25) is 5.91 Å². The van der Waals surface area contributed by atoms with Crippen molar-refractivity contribution in [3.05, 3.63) is 21.6 Å². The average molecular weight is 198 g/mol. The number of carbonyl (C=O) groups excluding carboxylic acids is 1. The fourth-order valence-electron chi connectivity index (χ4n) is 1.26. The van der Waals surface area contributed by atoms with Gasteiger partial charge in [0.25, 0.3) is 5.56 Å². The van der Waals surface area contributed by atoms with Crippen LogP contribution in [-0.4, -0.2) is 16.1 Å². The lowest BCUT2D eigenvalue weighted by Crippen LogP contribution is -2.36. The van der Waals surface area contributed by atoms with Crippen LogP contribution in [0, 0.1) is 12.8 Å². The Bertz CT molecular complexity index is 379. The first-order valence-electron chi connectivity index (χ1n) is 4.32. The monoisotopic (exact) mass is 198 g/mol. The van der Waals surface area contributed by atoms with Gasteiger partial charge in [-0.3, -0.25) is 20.1 Å². The molecule has 0 unspecified atom stereocenters. The average Bonchev–Trinajstić information content (AvgIpc) is 2.48. The van der Waals surface area contributed by atoms with E-state index < -0.39 is 0 Å². The summed E-state index contributed by atoms with van der Waals surface area (Å²) in [5, 5.41) is 5.15. The van der Waals surface area contributed by atoms with Crippen molar-refractivity contribution in [3.8, 4) is 0 Å². The van der Waals surface area contributed by atoms with E-state index in [-0.39, 0.29) is 17.4 Å². The van der Waals surface area contributed by atoms with E-state index in [1.165, 1.54) is 0 Å². The molecule has 0 saturated carbocycles. The normalized spacial score (nSPS) is 12.5. The maximum Gasteiger partial charge on any atom is 0.267 e. The molecule has 0 aromatic carbocycles. The lowest BCUT2D eigenvalue weighted by Gasteiger charge is -2.07. The molecule has 0 aliphatic heterocycles. The first-order chi connectivity index (χ1) is 6.56. The quantitative estimate of drug-likeness (QED) is 0.290. The van der Waals surface area contributed by atoms with Crippen molar-refractivity contribution in [3.63, 3.8) is 0 Å². The molecule has 1 amide bonds. The van der Waals surface area contributed by atoms with E-state index in [0.717, 1.165) is 5.69 Å². The Morgan fingerprint density at radius 3 is 2.64 bits per heavy atom. The zero-order valence-electron chi connectivity index (χ0n) is 8.18. The number of carbonyl (C=O) groups is 1. The maximum absolute atomic E-state index is 11.2. The second-order valence-corrected chi connectivity index (χ2v) is 3.30. The number of H-pyrrole nitrogens is 2. The minimum absolute atomic E-state index is 0.181. The van der Waals surface area contributed by atoms with Crippen LogP contribution < -0.4 is 16.8 Å². The molecule has 0 aliphatic carbocycles. The summed E-state index contributed by atoms with van der Waals surface area (Å²) in [4.78, 5) is 22.3. The zero-order chi connectivity index (χ0) is 10.7. The number of nitrogens with one attached hydrogen (secondary N) is 3. The zero-order valence-corrected chi connectivity index (χ0v) is 8.18. The predicted molar refractivity (Wildman–Crippen MR) is 51.3 cm³/mol. The Morgan fingerprint density at radius 1 is 1.57 bits per heavy atom. The van der Waals surface area contributed by atoms with E-state index >= 15 is 0 Å². The molecule has 5 N–H and O–H groups in total. The van der Waals surface area contributed by atoms with Crippen molar-refractivity contribution in [2.24, 2.45) is 11.8 Å². The Labute approximate surface area is 80.8 Å². The number of hydrazine groups is 1. The molecule has 14 heavy (non-hydrogen) atoms. The maximum atomic E-state index is 11.2. The summed E-state index contributed by atoms with van der Waals surface area (Å²) in [5.41, 5.74) is 3.23. The van der Waals surface area contributed by atoms with Crippen molar-refractivity contribution in [1.82, 2.24) is 15.6 Å². The van der Waals surface area contributed by atoms with Gasteiger partial charge in [0.05, 0.1) is 0 Å². The van der Waals surface area contributed by atoms with E-state index in [2.05, 4.69) is 15.6 Å². The minimum Gasteiger partial charge on any atom is -0.302 e. The van der Waals surface area contributed by atoms with Crippen LogP contribution in [0.15, 0.2) is 4.79 Å². The van der Waals surface area contributed by atoms with Gasteiger partial charge in [0.15, 0.2) is 0 Å². The van der Waals surface area contributed by atoms with Crippen LogP contribution in [0.2, 0.25) is 0 Å². The SMILES string of the molecule is Cc1[nH][nH]c(=O)c1C[C@@H](C)C(=O)NN. The minimum atomic E-state index is -0.310. The summed E-state index contributed by atoms with van der Waals surface area (Å²) in [6.45, 7) is 3.49. The number of hydrogen-bond acceptors (Lipinski definition) is 3. The number of nitrogens with two attached hydrogens (primary N) is 1. The molecule has 0 aliphatic rings. The molecular formula is C8H14N4O2. The Balaban J connectivity index is 2.79. The van der Waals surface area contributed by atoms with E-state index in [9.17, 15) is 9.59 Å². The van der Waals surface area contributed by atoms with E-state index in [1.54, 1.807) is 13.8 Å². The number of aromatic nitrogens is 2. The van der Waals surface area contributed by atoms with Gasteiger partial charge in [-0.15, -0.1) is 0 Å². The fraction of sp³-hybridized carbons (Fsp3) is 0.500. The molecule has 6 heteroatoms. The molecular weight excluding hydrogens is 184 g/mol. The first kappa shape index (κ1) is 10.5. The first-order valence-corrected chi connectivity index (χ1v) is 4.32. The van der Waals surface area contributed by atoms with Gasteiger partial charge in [-0.25, -0.2) is 5.84 Å². The van der Waals surface area contributed by atoms with E-state index in [4.69, 9.17) is 5.84 Å². The third kappa shape index (κ3) is 2.02. The molecule has 0 bridgehead atoms. The number of hydrogen-bond donors (Lipinski definition) is 4. The molecule has 1 aromatic rings. The Hall–Kier alpha value is -1.56. The van der Waals surface area contributed by atoms with E-state index in [1.807, 2.05) is 0 Å². The second kappa shape index (κ2) is 4.10. The van der Waals surface area contributed by atoms with Gasteiger partial charge >= 0.3 is 0 Å². The van der Waals surface area contributed by atoms with Crippen molar-refractivity contribution in [2.45, 2.75) is 20.3 Å². The highest BCUT2D eigenvalue weighted by atomic mass is 16.2. The number of aryl methyl sites for hydroxylation is 1. The van der Waals surface area contributed by atoms with Crippen LogP contribution in [0.25, 0.3) is 0 Å². The van der Waals surface area contributed by atoms with Crippen molar-refractivity contribution in [2.75, 3.05) is 0 Å². The molecule has 78 valence electrons. The molecule has 1 rings (SSSR count). The third-order valence-corrected chi connectivity index (χ3v) is 2.19. The number of aromatic amines is 2.